The molecule has 1 atom stereocenters. The highest BCUT2D eigenvalue weighted by atomic mass is 35.5. The average Bonchev–Trinajstić information content (AvgIpc) is 3.08. The van der Waals surface area contributed by atoms with Crippen LogP contribution in [-0.4, -0.2) is 30.9 Å². The molecule has 31 heavy (non-hydrogen) atoms. The number of para-hydroxylation sites is 1. The van der Waals surface area contributed by atoms with E-state index in [1.54, 1.807) is 6.07 Å². The standard InChI is InChI=1S/C20H15ClF4N2O4/c21-14-6-5-12(8-13(14)20(23,24)25)26-17(28)10-31-19(30)11-7-18(29)27(9-11)16-4-2-1-3-15(16)22/h1-6,8,11H,7,9-10H2,(H,26,28)/t11-/m1/s1. The van der Waals surface area contributed by atoms with E-state index in [2.05, 4.69) is 5.32 Å². The van der Waals surface area contributed by atoms with Crippen molar-refractivity contribution in [1.82, 2.24) is 0 Å². The SMILES string of the molecule is O=C(COC(=O)[C@@H]1CC(=O)N(c2ccccc2F)C1)Nc1ccc(Cl)c(C(F)(F)F)c1. The maximum absolute atomic E-state index is 13.9. The van der Waals surface area contributed by atoms with Crippen molar-refractivity contribution in [2.75, 3.05) is 23.4 Å². The lowest BCUT2D eigenvalue weighted by molar-refractivity contribution is -0.151. The Hall–Kier alpha value is -3.14. The number of carbonyl (C=O) groups excluding carboxylic acids is 3. The van der Waals surface area contributed by atoms with Crippen molar-refractivity contribution in [3.05, 3.63) is 58.9 Å². The molecule has 0 aromatic heterocycles. The van der Waals surface area contributed by atoms with Crippen molar-refractivity contribution in [2.24, 2.45) is 5.92 Å². The van der Waals surface area contributed by atoms with E-state index in [1.165, 1.54) is 24.3 Å². The molecule has 6 nitrogen and oxygen atoms in total. The van der Waals surface area contributed by atoms with Crippen LogP contribution < -0.4 is 10.2 Å². The lowest BCUT2D eigenvalue weighted by Gasteiger charge is -2.17. The van der Waals surface area contributed by atoms with Crippen LogP contribution in [0.1, 0.15) is 12.0 Å². The Morgan fingerprint density at radius 2 is 1.90 bits per heavy atom. The molecule has 0 bridgehead atoms. The molecule has 0 radical (unpaired) electrons. The number of hydrogen-bond donors (Lipinski definition) is 1. The second kappa shape index (κ2) is 8.93. The third kappa shape index (κ3) is 5.32. The van der Waals surface area contributed by atoms with E-state index in [1.807, 2.05) is 0 Å². The predicted molar refractivity (Wildman–Crippen MR) is 103 cm³/mol. The van der Waals surface area contributed by atoms with Gasteiger partial charge in [0.05, 0.1) is 22.2 Å². The van der Waals surface area contributed by atoms with Crippen molar-refractivity contribution in [3.8, 4) is 0 Å². The summed E-state index contributed by atoms with van der Waals surface area (Å²) in [5.74, 6) is -3.73. The number of anilines is 2. The Kier molecular flexibility index (Phi) is 6.49. The van der Waals surface area contributed by atoms with Crippen molar-refractivity contribution >= 4 is 40.8 Å². The summed E-state index contributed by atoms with van der Waals surface area (Å²) in [4.78, 5) is 37.4. The second-order valence-corrected chi connectivity index (χ2v) is 7.11. The van der Waals surface area contributed by atoms with Gasteiger partial charge >= 0.3 is 12.1 Å². The first-order chi connectivity index (χ1) is 14.6. The third-order valence-electron chi connectivity index (χ3n) is 4.50. The summed E-state index contributed by atoms with van der Waals surface area (Å²) in [7, 11) is 0. The molecule has 1 N–H and O–H groups in total. The van der Waals surface area contributed by atoms with Gasteiger partial charge in [-0.05, 0) is 30.3 Å². The van der Waals surface area contributed by atoms with E-state index in [4.69, 9.17) is 16.3 Å². The minimum Gasteiger partial charge on any atom is -0.455 e. The van der Waals surface area contributed by atoms with Crippen LogP contribution in [0.5, 0.6) is 0 Å². The van der Waals surface area contributed by atoms with Crippen LogP contribution in [0.15, 0.2) is 42.5 Å². The molecule has 0 aliphatic carbocycles. The summed E-state index contributed by atoms with van der Waals surface area (Å²) in [6, 6.07) is 8.39. The molecule has 0 spiro atoms. The smallest absolute Gasteiger partial charge is 0.417 e. The summed E-state index contributed by atoms with van der Waals surface area (Å²) < 4.78 is 57.4. The monoisotopic (exact) mass is 458 g/mol. The van der Waals surface area contributed by atoms with Crippen LogP contribution in [0.25, 0.3) is 0 Å². The van der Waals surface area contributed by atoms with Crippen LogP contribution in [0.3, 0.4) is 0 Å². The highest BCUT2D eigenvalue weighted by Crippen LogP contribution is 2.36. The number of benzene rings is 2. The number of hydrogen-bond acceptors (Lipinski definition) is 4. The van der Waals surface area contributed by atoms with Crippen LogP contribution in [0.2, 0.25) is 5.02 Å². The highest BCUT2D eigenvalue weighted by Gasteiger charge is 2.37. The molecule has 164 valence electrons. The quantitative estimate of drug-likeness (QED) is 0.542. The van der Waals surface area contributed by atoms with E-state index in [0.29, 0.717) is 6.07 Å². The molecule has 1 fully saturated rings. The zero-order valence-electron chi connectivity index (χ0n) is 15.7. The van der Waals surface area contributed by atoms with Crippen molar-refractivity contribution in [3.63, 3.8) is 0 Å². The summed E-state index contributed by atoms with van der Waals surface area (Å²) in [5, 5.41) is 1.65. The number of halogens is 5. The molecular formula is C20H15ClF4N2O4. The molecule has 2 amide bonds. The topological polar surface area (TPSA) is 75.7 Å². The van der Waals surface area contributed by atoms with Gasteiger partial charge in [-0.1, -0.05) is 23.7 Å². The number of rotatable bonds is 5. The minimum atomic E-state index is -4.70. The maximum atomic E-state index is 13.9. The summed E-state index contributed by atoms with van der Waals surface area (Å²) in [6.45, 7) is -0.889. The van der Waals surface area contributed by atoms with Gasteiger partial charge in [0.15, 0.2) is 6.61 Å². The number of esters is 1. The van der Waals surface area contributed by atoms with Gasteiger partial charge in [0.25, 0.3) is 5.91 Å². The van der Waals surface area contributed by atoms with Crippen LogP contribution in [0.4, 0.5) is 28.9 Å². The van der Waals surface area contributed by atoms with E-state index in [9.17, 15) is 31.9 Å². The fourth-order valence-corrected chi connectivity index (χ4v) is 3.27. The molecule has 0 unspecified atom stereocenters. The Morgan fingerprint density at radius 3 is 2.58 bits per heavy atom. The Bertz CT molecular complexity index is 1030. The fourth-order valence-electron chi connectivity index (χ4n) is 3.04. The third-order valence-corrected chi connectivity index (χ3v) is 4.83. The van der Waals surface area contributed by atoms with E-state index < -0.39 is 52.9 Å². The first-order valence-corrected chi connectivity index (χ1v) is 9.32. The maximum Gasteiger partial charge on any atom is 0.417 e. The lowest BCUT2D eigenvalue weighted by atomic mass is 10.1. The zero-order chi connectivity index (χ0) is 22.8. The molecular weight excluding hydrogens is 444 g/mol. The Balaban J connectivity index is 1.56. The minimum absolute atomic E-state index is 0.0313. The first kappa shape index (κ1) is 22.5. The molecule has 2 aromatic rings. The van der Waals surface area contributed by atoms with Gasteiger partial charge < -0.3 is 15.0 Å². The molecule has 1 aliphatic heterocycles. The van der Waals surface area contributed by atoms with Crippen LogP contribution in [-0.2, 0) is 25.3 Å². The summed E-state index contributed by atoms with van der Waals surface area (Å²) >= 11 is 5.51. The highest BCUT2D eigenvalue weighted by molar-refractivity contribution is 6.31. The van der Waals surface area contributed by atoms with Crippen molar-refractivity contribution in [2.45, 2.75) is 12.6 Å². The average molecular weight is 459 g/mol. The van der Waals surface area contributed by atoms with Crippen LogP contribution >= 0.6 is 11.6 Å². The van der Waals surface area contributed by atoms with Gasteiger partial charge in [-0.25, -0.2) is 4.39 Å². The van der Waals surface area contributed by atoms with Crippen molar-refractivity contribution in [1.29, 1.82) is 0 Å². The number of amides is 2. The van der Waals surface area contributed by atoms with Gasteiger partial charge in [-0.2, -0.15) is 13.2 Å². The Labute approximate surface area is 178 Å². The largest absolute Gasteiger partial charge is 0.455 e. The summed E-state index contributed by atoms with van der Waals surface area (Å²) in [5.41, 5.74) is -1.27. The zero-order valence-corrected chi connectivity index (χ0v) is 16.5. The predicted octanol–water partition coefficient (Wildman–Crippen LogP) is 4.03. The summed E-state index contributed by atoms with van der Waals surface area (Å²) in [6.07, 6.45) is -4.93. The van der Waals surface area contributed by atoms with E-state index in [-0.39, 0.29) is 24.3 Å². The van der Waals surface area contributed by atoms with Gasteiger partial charge in [0, 0.05) is 18.7 Å². The number of nitrogens with zero attached hydrogens (tertiary/aromatic N) is 1. The molecule has 0 saturated carbocycles. The van der Waals surface area contributed by atoms with Gasteiger partial charge in [0.1, 0.15) is 5.82 Å². The normalized spacial score (nSPS) is 16.4. The van der Waals surface area contributed by atoms with Gasteiger partial charge in [-0.3, -0.25) is 14.4 Å². The van der Waals surface area contributed by atoms with Crippen LogP contribution in [0, 0.1) is 11.7 Å². The fraction of sp³-hybridized carbons (Fsp3) is 0.250. The number of alkyl halides is 3. The van der Waals surface area contributed by atoms with Crippen molar-refractivity contribution < 1.29 is 36.7 Å². The van der Waals surface area contributed by atoms with E-state index in [0.717, 1.165) is 11.0 Å². The number of ether oxygens (including phenoxy) is 1. The molecule has 1 saturated heterocycles. The Morgan fingerprint density at radius 1 is 1.19 bits per heavy atom. The molecule has 2 aromatic carbocycles. The number of carbonyl (C=O) groups is 3. The van der Waals surface area contributed by atoms with E-state index >= 15 is 0 Å². The molecule has 3 rings (SSSR count). The number of nitrogens with one attached hydrogen (secondary N) is 1. The molecule has 1 heterocycles. The van der Waals surface area contributed by atoms with Gasteiger partial charge in [0.2, 0.25) is 5.91 Å². The molecule has 1 aliphatic rings. The lowest BCUT2D eigenvalue weighted by Crippen LogP contribution is -2.28. The van der Waals surface area contributed by atoms with Gasteiger partial charge in [-0.15, -0.1) is 0 Å². The second-order valence-electron chi connectivity index (χ2n) is 6.71. The molecule has 11 heteroatoms. The first-order valence-electron chi connectivity index (χ1n) is 8.94.